The molecule has 0 radical (unpaired) electrons. The standard InChI is InChI=1S/C20H24N2/c21-12-5-13-22-14-10-20(11-15-22)18-8-3-1-6-16(18)17-7-2-4-9-19(17)20/h1-4,6-9H,5,10-15,21H2. The highest BCUT2D eigenvalue weighted by atomic mass is 15.1. The third-order valence-corrected chi connectivity index (χ3v) is 5.56. The number of nitrogens with two attached hydrogens (primary N) is 1. The summed E-state index contributed by atoms with van der Waals surface area (Å²) in [4.78, 5) is 2.58. The average Bonchev–Trinajstić information content (AvgIpc) is 2.86. The maximum absolute atomic E-state index is 5.66. The lowest BCUT2D eigenvalue weighted by Crippen LogP contribution is -2.42. The van der Waals surface area contributed by atoms with E-state index in [4.69, 9.17) is 5.73 Å². The molecule has 2 nitrogen and oxygen atoms in total. The lowest BCUT2D eigenvalue weighted by molar-refractivity contribution is 0.180. The van der Waals surface area contributed by atoms with Crippen LogP contribution in [0.3, 0.4) is 0 Å². The lowest BCUT2D eigenvalue weighted by atomic mass is 9.71. The van der Waals surface area contributed by atoms with Gasteiger partial charge in [0.25, 0.3) is 0 Å². The second-order valence-corrected chi connectivity index (χ2v) is 6.66. The molecule has 4 rings (SSSR count). The minimum atomic E-state index is 0.242. The Labute approximate surface area is 132 Å². The van der Waals surface area contributed by atoms with Crippen LogP contribution < -0.4 is 5.73 Å². The van der Waals surface area contributed by atoms with Crippen molar-refractivity contribution in [3.05, 3.63) is 59.7 Å². The van der Waals surface area contributed by atoms with Crippen LogP contribution in [0.15, 0.2) is 48.5 Å². The smallest absolute Gasteiger partial charge is 0.0239 e. The summed E-state index contributed by atoms with van der Waals surface area (Å²) in [6.45, 7) is 4.31. The van der Waals surface area contributed by atoms with E-state index >= 15 is 0 Å². The average molecular weight is 292 g/mol. The number of rotatable bonds is 3. The summed E-state index contributed by atoms with van der Waals surface area (Å²) < 4.78 is 0. The second-order valence-electron chi connectivity index (χ2n) is 6.66. The van der Waals surface area contributed by atoms with Crippen LogP contribution in [0.4, 0.5) is 0 Å². The van der Waals surface area contributed by atoms with Gasteiger partial charge in [0, 0.05) is 5.41 Å². The fourth-order valence-corrected chi connectivity index (χ4v) is 4.43. The molecule has 114 valence electrons. The van der Waals surface area contributed by atoms with Crippen molar-refractivity contribution in [1.82, 2.24) is 4.90 Å². The molecule has 1 aliphatic heterocycles. The van der Waals surface area contributed by atoms with Gasteiger partial charge in [-0.1, -0.05) is 48.5 Å². The number of piperidine rings is 1. The summed E-state index contributed by atoms with van der Waals surface area (Å²) in [5.41, 5.74) is 11.9. The van der Waals surface area contributed by atoms with Crippen molar-refractivity contribution in [3.63, 3.8) is 0 Å². The Morgan fingerprint density at radius 1 is 0.864 bits per heavy atom. The number of benzene rings is 2. The van der Waals surface area contributed by atoms with Gasteiger partial charge in [-0.3, -0.25) is 0 Å². The van der Waals surface area contributed by atoms with Gasteiger partial charge in [0.1, 0.15) is 0 Å². The Morgan fingerprint density at radius 2 is 1.41 bits per heavy atom. The third-order valence-electron chi connectivity index (χ3n) is 5.56. The first-order chi connectivity index (χ1) is 10.8. The quantitative estimate of drug-likeness (QED) is 0.939. The summed E-state index contributed by atoms with van der Waals surface area (Å²) in [6, 6.07) is 18.0. The molecule has 2 aromatic carbocycles. The van der Waals surface area contributed by atoms with E-state index in [0.717, 1.165) is 19.5 Å². The molecule has 0 unspecified atom stereocenters. The minimum Gasteiger partial charge on any atom is -0.330 e. The Hall–Kier alpha value is -1.64. The molecule has 1 spiro atoms. The first kappa shape index (κ1) is 14.0. The Bertz CT molecular complexity index is 621. The maximum atomic E-state index is 5.66. The molecule has 0 bridgehead atoms. The summed E-state index contributed by atoms with van der Waals surface area (Å²) in [5, 5.41) is 0. The van der Waals surface area contributed by atoms with Gasteiger partial charge in [0.2, 0.25) is 0 Å². The largest absolute Gasteiger partial charge is 0.330 e. The van der Waals surface area contributed by atoms with Crippen molar-refractivity contribution in [2.24, 2.45) is 5.73 Å². The van der Waals surface area contributed by atoms with Gasteiger partial charge in [-0.15, -0.1) is 0 Å². The topological polar surface area (TPSA) is 29.3 Å². The van der Waals surface area contributed by atoms with E-state index in [2.05, 4.69) is 53.4 Å². The molecular weight excluding hydrogens is 268 g/mol. The van der Waals surface area contributed by atoms with Crippen LogP contribution in [0.25, 0.3) is 11.1 Å². The van der Waals surface area contributed by atoms with Crippen LogP contribution in [-0.2, 0) is 5.41 Å². The first-order valence-electron chi connectivity index (χ1n) is 8.47. The van der Waals surface area contributed by atoms with Gasteiger partial charge in [-0.05, 0) is 67.7 Å². The molecule has 2 aromatic rings. The van der Waals surface area contributed by atoms with Crippen LogP contribution in [0.2, 0.25) is 0 Å². The zero-order valence-corrected chi connectivity index (χ0v) is 13.1. The molecule has 0 aromatic heterocycles. The van der Waals surface area contributed by atoms with Gasteiger partial charge >= 0.3 is 0 Å². The summed E-state index contributed by atoms with van der Waals surface area (Å²) in [6.07, 6.45) is 3.57. The minimum absolute atomic E-state index is 0.242. The highest BCUT2D eigenvalue weighted by Gasteiger charge is 2.44. The molecule has 1 saturated heterocycles. The van der Waals surface area contributed by atoms with Crippen LogP contribution in [-0.4, -0.2) is 31.1 Å². The molecule has 2 aliphatic rings. The molecule has 0 atom stereocenters. The van der Waals surface area contributed by atoms with Crippen molar-refractivity contribution in [2.45, 2.75) is 24.7 Å². The fourth-order valence-electron chi connectivity index (χ4n) is 4.43. The van der Waals surface area contributed by atoms with E-state index in [0.29, 0.717) is 0 Å². The van der Waals surface area contributed by atoms with E-state index in [1.807, 2.05) is 0 Å². The van der Waals surface area contributed by atoms with E-state index in [1.165, 1.54) is 37.1 Å². The molecular formula is C20H24N2. The summed E-state index contributed by atoms with van der Waals surface area (Å²) in [7, 11) is 0. The number of nitrogens with zero attached hydrogens (tertiary/aromatic N) is 1. The zero-order valence-electron chi connectivity index (χ0n) is 13.1. The molecule has 0 saturated carbocycles. The van der Waals surface area contributed by atoms with Gasteiger partial charge in [-0.2, -0.15) is 0 Å². The number of likely N-dealkylation sites (tertiary alicyclic amines) is 1. The predicted molar refractivity (Wildman–Crippen MR) is 92.0 cm³/mol. The molecule has 2 heteroatoms. The Morgan fingerprint density at radius 3 is 1.95 bits per heavy atom. The van der Waals surface area contributed by atoms with E-state index in [-0.39, 0.29) is 5.41 Å². The van der Waals surface area contributed by atoms with E-state index < -0.39 is 0 Å². The highest BCUT2D eigenvalue weighted by Crippen LogP contribution is 2.53. The van der Waals surface area contributed by atoms with Crippen LogP contribution >= 0.6 is 0 Å². The van der Waals surface area contributed by atoms with Gasteiger partial charge in [0.15, 0.2) is 0 Å². The molecule has 2 N–H and O–H groups in total. The summed E-state index contributed by atoms with van der Waals surface area (Å²) in [5.74, 6) is 0. The molecule has 1 aliphatic carbocycles. The zero-order chi connectivity index (χ0) is 15.0. The van der Waals surface area contributed by atoms with E-state index in [1.54, 1.807) is 11.1 Å². The SMILES string of the molecule is NCCCN1CCC2(CC1)c1ccccc1-c1ccccc12. The lowest BCUT2D eigenvalue weighted by Gasteiger charge is -2.41. The second kappa shape index (κ2) is 5.53. The fraction of sp³-hybridized carbons (Fsp3) is 0.400. The van der Waals surface area contributed by atoms with Crippen molar-refractivity contribution >= 4 is 0 Å². The molecule has 1 heterocycles. The highest BCUT2D eigenvalue weighted by molar-refractivity contribution is 5.81. The van der Waals surface area contributed by atoms with Crippen LogP contribution in [0.1, 0.15) is 30.4 Å². The predicted octanol–water partition coefficient (Wildman–Crippen LogP) is 3.40. The first-order valence-corrected chi connectivity index (χ1v) is 8.47. The monoisotopic (exact) mass is 292 g/mol. The van der Waals surface area contributed by atoms with Crippen molar-refractivity contribution in [3.8, 4) is 11.1 Å². The number of hydrogen-bond donors (Lipinski definition) is 1. The third kappa shape index (κ3) is 2.02. The van der Waals surface area contributed by atoms with E-state index in [9.17, 15) is 0 Å². The number of hydrogen-bond acceptors (Lipinski definition) is 2. The van der Waals surface area contributed by atoms with Gasteiger partial charge in [0.05, 0.1) is 0 Å². The molecule has 0 amide bonds. The summed E-state index contributed by atoms with van der Waals surface area (Å²) >= 11 is 0. The van der Waals surface area contributed by atoms with Gasteiger partial charge < -0.3 is 10.6 Å². The molecule has 22 heavy (non-hydrogen) atoms. The van der Waals surface area contributed by atoms with Crippen molar-refractivity contribution in [2.75, 3.05) is 26.2 Å². The maximum Gasteiger partial charge on any atom is 0.0239 e. The van der Waals surface area contributed by atoms with Gasteiger partial charge in [-0.25, -0.2) is 0 Å². The number of fused-ring (bicyclic) bond motifs is 5. The Balaban J connectivity index is 1.70. The normalized spacial score (nSPS) is 19.1. The van der Waals surface area contributed by atoms with Crippen LogP contribution in [0.5, 0.6) is 0 Å². The van der Waals surface area contributed by atoms with Crippen molar-refractivity contribution in [1.29, 1.82) is 0 Å². The van der Waals surface area contributed by atoms with Crippen molar-refractivity contribution < 1.29 is 0 Å². The Kier molecular flexibility index (Phi) is 3.51. The van der Waals surface area contributed by atoms with Crippen LogP contribution in [0, 0.1) is 0 Å². The molecule has 1 fully saturated rings.